The average molecular weight is 320 g/mol. The number of carbonyl (C=O) groups is 1. The third-order valence-corrected chi connectivity index (χ3v) is 4.54. The zero-order chi connectivity index (χ0) is 15.5. The molecule has 8 heteroatoms. The van der Waals surface area contributed by atoms with E-state index < -0.39 is 0 Å². The Morgan fingerprint density at radius 3 is 2.91 bits per heavy atom. The number of carbonyl (C=O) groups excluding carboxylic acids is 1. The number of amides is 1. The minimum Gasteiger partial charge on any atom is -0.317 e. The smallest absolute Gasteiger partial charge is 0.279 e. The Kier molecular flexibility index (Phi) is 4.49. The van der Waals surface area contributed by atoms with Crippen LogP contribution in [-0.2, 0) is 0 Å². The maximum Gasteiger partial charge on any atom is 0.279 e. The molecule has 1 amide bonds. The molecule has 0 bridgehead atoms. The van der Waals surface area contributed by atoms with Gasteiger partial charge >= 0.3 is 0 Å². The van der Waals surface area contributed by atoms with E-state index in [0.717, 1.165) is 31.6 Å². The first-order valence-electron chi connectivity index (χ1n) is 7.53. The van der Waals surface area contributed by atoms with Crippen molar-refractivity contribution in [1.29, 1.82) is 0 Å². The van der Waals surface area contributed by atoms with Crippen molar-refractivity contribution in [3.05, 3.63) is 23.0 Å². The highest BCUT2D eigenvalue weighted by atomic mass is 32.1. The Balaban J connectivity index is 1.65. The minimum absolute atomic E-state index is 0.259. The summed E-state index contributed by atoms with van der Waals surface area (Å²) in [5, 5.41) is 16.8. The molecule has 0 aliphatic carbocycles. The number of piperidine rings is 1. The lowest BCUT2D eigenvalue weighted by molar-refractivity contribution is 0.102. The average Bonchev–Trinajstić information content (AvgIpc) is 3.17. The van der Waals surface area contributed by atoms with Gasteiger partial charge in [-0.15, -0.1) is 16.4 Å². The Morgan fingerprint density at radius 1 is 1.45 bits per heavy atom. The summed E-state index contributed by atoms with van der Waals surface area (Å²) in [7, 11) is 0. The van der Waals surface area contributed by atoms with Crippen LogP contribution in [0, 0.1) is 0 Å². The van der Waals surface area contributed by atoms with E-state index in [4.69, 9.17) is 0 Å². The van der Waals surface area contributed by atoms with Gasteiger partial charge in [0.25, 0.3) is 5.91 Å². The van der Waals surface area contributed by atoms with Crippen molar-refractivity contribution >= 4 is 22.4 Å². The molecule has 2 aromatic rings. The maximum atomic E-state index is 12.2. The number of hydrogen-bond donors (Lipinski definition) is 2. The highest BCUT2D eigenvalue weighted by molar-refractivity contribution is 7.14. The van der Waals surface area contributed by atoms with Crippen LogP contribution >= 0.6 is 11.3 Å². The Morgan fingerprint density at radius 2 is 2.23 bits per heavy atom. The normalized spacial score (nSPS) is 16.1. The number of anilines is 1. The number of nitrogens with zero attached hydrogens (tertiary/aromatic N) is 4. The number of thiazole rings is 1. The topological polar surface area (TPSA) is 84.7 Å². The van der Waals surface area contributed by atoms with Gasteiger partial charge in [0, 0.05) is 5.38 Å². The molecule has 2 N–H and O–H groups in total. The molecule has 22 heavy (non-hydrogen) atoms. The molecule has 1 saturated heterocycles. The largest absolute Gasteiger partial charge is 0.317 e. The molecule has 2 aromatic heterocycles. The summed E-state index contributed by atoms with van der Waals surface area (Å²) in [4.78, 5) is 16.6. The molecule has 1 fully saturated rings. The van der Waals surface area contributed by atoms with Crippen LogP contribution in [0.1, 0.15) is 54.8 Å². The Labute approximate surface area is 133 Å². The van der Waals surface area contributed by atoms with E-state index in [9.17, 15) is 4.79 Å². The van der Waals surface area contributed by atoms with Gasteiger partial charge in [-0.1, -0.05) is 19.1 Å². The van der Waals surface area contributed by atoms with E-state index in [1.54, 1.807) is 10.9 Å². The number of aromatic nitrogens is 4. The quantitative estimate of drug-likeness (QED) is 0.900. The second-order valence-electron chi connectivity index (χ2n) is 5.75. The molecule has 118 valence electrons. The summed E-state index contributed by atoms with van der Waals surface area (Å²) in [6.45, 7) is 6.10. The molecule has 7 nitrogen and oxygen atoms in total. The fraction of sp³-hybridized carbons (Fsp3) is 0.571. The molecular weight excluding hydrogens is 300 g/mol. The monoisotopic (exact) mass is 320 g/mol. The molecule has 0 saturated carbocycles. The summed E-state index contributed by atoms with van der Waals surface area (Å²) < 4.78 is 1.80. The van der Waals surface area contributed by atoms with Crippen molar-refractivity contribution in [1.82, 2.24) is 25.3 Å². The highest BCUT2D eigenvalue weighted by Crippen LogP contribution is 2.22. The van der Waals surface area contributed by atoms with Crippen LogP contribution in [0.3, 0.4) is 0 Å². The number of hydrogen-bond acceptors (Lipinski definition) is 6. The lowest BCUT2D eigenvalue weighted by Crippen LogP contribution is -2.29. The van der Waals surface area contributed by atoms with Gasteiger partial charge in [0.05, 0.1) is 17.9 Å². The van der Waals surface area contributed by atoms with Crippen LogP contribution < -0.4 is 10.6 Å². The van der Waals surface area contributed by atoms with Crippen molar-refractivity contribution in [3.63, 3.8) is 0 Å². The van der Waals surface area contributed by atoms with Crippen molar-refractivity contribution in [2.45, 2.75) is 38.6 Å². The van der Waals surface area contributed by atoms with Gasteiger partial charge in [-0.25, -0.2) is 9.67 Å². The summed E-state index contributed by atoms with van der Waals surface area (Å²) in [5.74, 6) is 0.0903. The second kappa shape index (κ2) is 6.53. The Hall–Kier alpha value is -1.80. The fourth-order valence-corrected chi connectivity index (χ4v) is 3.27. The lowest BCUT2D eigenvalue weighted by atomic mass is 10.1. The maximum absolute atomic E-state index is 12.2. The van der Waals surface area contributed by atoms with E-state index in [1.165, 1.54) is 11.3 Å². The SMILES string of the molecule is CC(C)c1csc(NC(=O)c2cn(C3CCNCC3)nn2)n1. The molecule has 3 heterocycles. The van der Waals surface area contributed by atoms with Crippen molar-refractivity contribution in [2.75, 3.05) is 18.4 Å². The molecule has 1 aliphatic rings. The first-order valence-corrected chi connectivity index (χ1v) is 8.41. The zero-order valence-corrected chi connectivity index (χ0v) is 13.6. The van der Waals surface area contributed by atoms with Crippen molar-refractivity contribution < 1.29 is 4.79 Å². The van der Waals surface area contributed by atoms with Gasteiger partial charge in [0.1, 0.15) is 0 Å². The first-order chi connectivity index (χ1) is 10.6. The van der Waals surface area contributed by atoms with Crippen LogP contribution in [0.2, 0.25) is 0 Å². The predicted octanol–water partition coefficient (Wildman–Crippen LogP) is 2.03. The molecule has 0 aromatic carbocycles. The molecule has 0 radical (unpaired) electrons. The summed E-state index contributed by atoms with van der Waals surface area (Å²) in [6, 6.07) is 0.322. The van der Waals surface area contributed by atoms with Gasteiger partial charge in [0.15, 0.2) is 10.8 Å². The van der Waals surface area contributed by atoms with Gasteiger partial charge in [-0.05, 0) is 31.8 Å². The van der Waals surface area contributed by atoms with Crippen LogP contribution in [0.5, 0.6) is 0 Å². The highest BCUT2D eigenvalue weighted by Gasteiger charge is 2.19. The van der Waals surface area contributed by atoms with E-state index in [1.807, 2.05) is 5.38 Å². The van der Waals surface area contributed by atoms with E-state index >= 15 is 0 Å². The van der Waals surface area contributed by atoms with Crippen LogP contribution in [0.25, 0.3) is 0 Å². The summed E-state index contributed by atoms with van der Waals surface area (Å²) in [6.07, 6.45) is 3.74. The number of nitrogens with one attached hydrogen (secondary N) is 2. The van der Waals surface area contributed by atoms with Crippen LogP contribution in [-0.4, -0.2) is 39.0 Å². The fourth-order valence-electron chi connectivity index (χ4n) is 2.40. The molecule has 0 unspecified atom stereocenters. The zero-order valence-electron chi connectivity index (χ0n) is 12.7. The molecule has 1 aliphatic heterocycles. The van der Waals surface area contributed by atoms with Gasteiger partial charge < -0.3 is 5.32 Å². The van der Waals surface area contributed by atoms with Gasteiger partial charge in [0.2, 0.25) is 0 Å². The van der Waals surface area contributed by atoms with E-state index in [0.29, 0.717) is 22.8 Å². The number of rotatable bonds is 4. The standard InChI is InChI=1S/C14H20N6OS/c1-9(2)12-8-22-14(16-12)17-13(21)11-7-20(19-18-11)10-3-5-15-6-4-10/h7-10,15H,3-6H2,1-2H3,(H,16,17,21). The molecule has 0 atom stereocenters. The lowest BCUT2D eigenvalue weighted by Gasteiger charge is -2.21. The first kappa shape index (κ1) is 15.1. The second-order valence-corrected chi connectivity index (χ2v) is 6.61. The van der Waals surface area contributed by atoms with Gasteiger partial charge in [-0.2, -0.15) is 0 Å². The predicted molar refractivity (Wildman–Crippen MR) is 85.3 cm³/mol. The third-order valence-electron chi connectivity index (χ3n) is 3.76. The Bertz CT molecular complexity index is 643. The molecular formula is C14H20N6OS. The van der Waals surface area contributed by atoms with Crippen LogP contribution in [0.4, 0.5) is 5.13 Å². The molecule has 3 rings (SSSR count). The van der Waals surface area contributed by atoms with Gasteiger partial charge in [-0.3, -0.25) is 10.1 Å². The van der Waals surface area contributed by atoms with Crippen molar-refractivity contribution in [2.24, 2.45) is 0 Å². The minimum atomic E-state index is -0.259. The molecule has 0 spiro atoms. The van der Waals surface area contributed by atoms with E-state index in [-0.39, 0.29) is 5.91 Å². The van der Waals surface area contributed by atoms with Crippen molar-refractivity contribution in [3.8, 4) is 0 Å². The van der Waals surface area contributed by atoms with Crippen LogP contribution in [0.15, 0.2) is 11.6 Å². The van der Waals surface area contributed by atoms with E-state index in [2.05, 4.69) is 39.8 Å². The summed E-state index contributed by atoms with van der Waals surface area (Å²) in [5.41, 5.74) is 1.32. The third kappa shape index (κ3) is 3.33. The summed E-state index contributed by atoms with van der Waals surface area (Å²) >= 11 is 1.43.